The van der Waals surface area contributed by atoms with Crippen molar-refractivity contribution in [3.63, 3.8) is 0 Å². The van der Waals surface area contributed by atoms with Gasteiger partial charge >= 0.3 is 0 Å². The maximum absolute atomic E-state index is 11.0. The molecule has 0 aliphatic carbocycles. The number of aromatic amines is 1. The van der Waals surface area contributed by atoms with E-state index in [1.165, 1.54) is 13.1 Å². The zero-order valence-corrected chi connectivity index (χ0v) is 6.84. The van der Waals surface area contributed by atoms with Crippen molar-refractivity contribution in [2.24, 2.45) is 0 Å². The van der Waals surface area contributed by atoms with E-state index in [0.29, 0.717) is 5.56 Å². The van der Waals surface area contributed by atoms with Gasteiger partial charge in [0.2, 0.25) is 5.91 Å². The molecule has 5 heteroatoms. The standard InChI is InChI=1S/C7H9N3O2/c1-4-3-8-10-7(12)6(4)9-5(2)11/h3H,1-2H3,(H,10,12)(H,8,9,11). The highest BCUT2D eigenvalue weighted by atomic mass is 16.2. The molecule has 1 aromatic heterocycles. The summed E-state index contributed by atoms with van der Waals surface area (Å²) in [7, 11) is 0. The molecule has 0 saturated heterocycles. The van der Waals surface area contributed by atoms with E-state index in [2.05, 4.69) is 15.5 Å². The normalized spacial score (nSPS) is 9.50. The van der Waals surface area contributed by atoms with Crippen molar-refractivity contribution in [3.05, 3.63) is 22.1 Å². The lowest BCUT2D eigenvalue weighted by Crippen LogP contribution is -2.19. The second-order valence-corrected chi connectivity index (χ2v) is 2.44. The topological polar surface area (TPSA) is 74.8 Å². The molecule has 0 radical (unpaired) electrons. The Bertz CT molecular complexity index is 356. The monoisotopic (exact) mass is 167 g/mol. The van der Waals surface area contributed by atoms with Gasteiger partial charge in [-0.05, 0) is 12.5 Å². The van der Waals surface area contributed by atoms with Gasteiger partial charge < -0.3 is 5.32 Å². The lowest BCUT2D eigenvalue weighted by molar-refractivity contribution is -0.114. The van der Waals surface area contributed by atoms with Gasteiger partial charge in [-0.25, -0.2) is 5.10 Å². The molecule has 0 spiro atoms. The van der Waals surface area contributed by atoms with E-state index in [-0.39, 0.29) is 17.2 Å². The number of aryl methyl sites for hydroxylation is 1. The summed E-state index contributed by atoms with van der Waals surface area (Å²) in [5, 5.41) is 8.21. The number of nitrogens with one attached hydrogen (secondary N) is 2. The van der Waals surface area contributed by atoms with Crippen LogP contribution in [-0.2, 0) is 4.79 Å². The summed E-state index contributed by atoms with van der Waals surface area (Å²) in [5.41, 5.74) is 0.525. The van der Waals surface area contributed by atoms with E-state index in [1.807, 2.05) is 0 Å². The van der Waals surface area contributed by atoms with Crippen molar-refractivity contribution in [3.8, 4) is 0 Å². The first kappa shape index (κ1) is 8.45. The molecule has 0 aromatic carbocycles. The van der Waals surface area contributed by atoms with Crippen LogP contribution < -0.4 is 10.9 Å². The minimum Gasteiger partial charge on any atom is -0.321 e. The van der Waals surface area contributed by atoms with Crippen molar-refractivity contribution >= 4 is 11.6 Å². The number of hydrogen-bond donors (Lipinski definition) is 2. The molecular formula is C7H9N3O2. The molecule has 1 aromatic rings. The molecule has 12 heavy (non-hydrogen) atoms. The number of hydrogen-bond acceptors (Lipinski definition) is 3. The first-order valence-electron chi connectivity index (χ1n) is 3.43. The second-order valence-electron chi connectivity index (χ2n) is 2.44. The summed E-state index contributed by atoms with van der Waals surface area (Å²) in [6.07, 6.45) is 1.48. The van der Waals surface area contributed by atoms with Crippen molar-refractivity contribution in [2.75, 3.05) is 5.32 Å². The average Bonchev–Trinajstić information content (AvgIpc) is 1.97. The van der Waals surface area contributed by atoms with Gasteiger partial charge in [0.15, 0.2) is 0 Å². The molecule has 1 amide bonds. The zero-order valence-electron chi connectivity index (χ0n) is 6.84. The number of carbonyl (C=O) groups is 1. The summed E-state index contributed by atoms with van der Waals surface area (Å²) in [5.74, 6) is -0.269. The lowest BCUT2D eigenvalue weighted by Gasteiger charge is -2.02. The van der Waals surface area contributed by atoms with Crippen molar-refractivity contribution in [1.82, 2.24) is 10.2 Å². The molecule has 1 rings (SSSR count). The Balaban J connectivity index is 3.13. The van der Waals surface area contributed by atoms with Crippen LogP contribution in [-0.4, -0.2) is 16.1 Å². The van der Waals surface area contributed by atoms with Crippen LogP contribution in [0.2, 0.25) is 0 Å². The molecule has 0 bridgehead atoms. The lowest BCUT2D eigenvalue weighted by atomic mass is 10.3. The zero-order chi connectivity index (χ0) is 9.14. The Morgan fingerprint density at radius 3 is 2.83 bits per heavy atom. The Morgan fingerprint density at radius 2 is 2.33 bits per heavy atom. The van der Waals surface area contributed by atoms with Crippen LogP contribution in [0, 0.1) is 6.92 Å². The van der Waals surface area contributed by atoms with Gasteiger partial charge in [-0.2, -0.15) is 5.10 Å². The third kappa shape index (κ3) is 1.69. The molecule has 2 N–H and O–H groups in total. The van der Waals surface area contributed by atoms with Gasteiger partial charge in [0, 0.05) is 6.92 Å². The highest BCUT2D eigenvalue weighted by Crippen LogP contribution is 2.03. The minimum absolute atomic E-state index is 0.262. The second kappa shape index (κ2) is 3.17. The molecule has 1 heterocycles. The SMILES string of the molecule is CC(=O)Nc1c(C)cn[nH]c1=O. The third-order valence-corrected chi connectivity index (χ3v) is 1.35. The predicted octanol–water partition coefficient (Wildman–Crippen LogP) is 0.0367. The number of aromatic nitrogens is 2. The summed E-state index contributed by atoms with van der Waals surface area (Å²) < 4.78 is 0. The van der Waals surface area contributed by atoms with E-state index in [9.17, 15) is 9.59 Å². The highest BCUT2D eigenvalue weighted by Gasteiger charge is 2.04. The smallest absolute Gasteiger partial charge is 0.288 e. The Labute approximate surface area is 68.8 Å². The third-order valence-electron chi connectivity index (χ3n) is 1.35. The van der Waals surface area contributed by atoms with E-state index < -0.39 is 0 Å². The van der Waals surface area contributed by atoms with Gasteiger partial charge in [0.1, 0.15) is 5.69 Å². The quantitative estimate of drug-likeness (QED) is 0.620. The maximum atomic E-state index is 11.0. The molecule has 0 saturated carbocycles. The van der Waals surface area contributed by atoms with Crippen LogP contribution >= 0.6 is 0 Å². The molecule has 0 unspecified atom stereocenters. The first-order chi connectivity index (χ1) is 5.61. The Hall–Kier alpha value is -1.65. The molecule has 0 atom stereocenters. The molecule has 64 valence electrons. The van der Waals surface area contributed by atoms with Crippen LogP contribution in [0.15, 0.2) is 11.0 Å². The molecule has 0 aliphatic rings. The molecular weight excluding hydrogens is 158 g/mol. The van der Waals surface area contributed by atoms with Crippen LogP contribution in [0.3, 0.4) is 0 Å². The molecule has 0 fully saturated rings. The molecule has 0 aliphatic heterocycles. The maximum Gasteiger partial charge on any atom is 0.288 e. The van der Waals surface area contributed by atoms with Crippen molar-refractivity contribution < 1.29 is 4.79 Å². The van der Waals surface area contributed by atoms with Crippen LogP contribution in [0.1, 0.15) is 12.5 Å². The van der Waals surface area contributed by atoms with Crippen LogP contribution in [0.25, 0.3) is 0 Å². The first-order valence-corrected chi connectivity index (χ1v) is 3.43. The Morgan fingerprint density at radius 1 is 1.67 bits per heavy atom. The predicted molar refractivity (Wildman–Crippen MR) is 43.9 cm³/mol. The largest absolute Gasteiger partial charge is 0.321 e. The van der Waals surface area contributed by atoms with Gasteiger partial charge in [-0.3, -0.25) is 9.59 Å². The molecule has 5 nitrogen and oxygen atoms in total. The van der Waals surface area contributed by atoms with Crippen molar-refractivity contribution in [2.45, 2.75) is 13.8 Å². The van der Waals surface area contributed by atoms with Gasteiger partial charge in [-0.1, -0.05) is 0 Å². The fourth-order valence-electron chi connectivity index (χ4n) is 0.819. The number of amides is 1. The number of H-pyrrole nitrogens is 1. The number of carbonyl (C=O) groups excluding carboxylic acids is 1. The van der Waals surface area contributed by atoms with E-state index in [0.717, 1.165) is 0 Å². The van der Waals surface area contributed by atoms with Gasteiger partial charge in [-0.15, -0.1) is 0 Å². The number of nitrogens with zero attached hydrogens (tertiary/aromatic N) is 1. The summed E-state index contributed by atoms with van der Waals surface area (Å²) in [4.78, 5) is 21.7. The van der Waals surface area contributed by atoms with Gasteiger partial charge in [0.25, 0.3) is 5.56 Å². The fraction of sp³-hybridized carbons (Fsp3) is 0.286. The average molecular weight is 167 g/mol. The summed E-state index contributed by atoms with van der Waals surface area (Å²) in [6, 6.07) is 0. The van der Waals surface area contributed by atoms with Crippen molar-refractivity contribution in [1.29, 1.82) is 0 Å². The summed E-state index contributed by atoms with van der Waals surface area (Å²) >= 11 is 0. The summed E-state index contributed by atoms with van der Waals surface area (Å²) in [6.45, 7) is 3.05. The van der Waals surface area contributed by atoms with Crippen LogP contribution in [0.4, 0.5) is 5.69 Å². The van der Waals surface area contributed by atoms with E-state index >= 15 is 0 Å². The van der Waals surface area contributed by atoms with Crippen LogP contribution in [0.5, 0.6) is 0 Å². The van der Waals surface area contributed by atoms with E-state index in [1.54, 1.807) is 6.92 Å². The Kier molecular flexibility index (Phi) is 2.23. The van der Waals surface area contributed by atoms with Gasteiger partial charge in [0.05, 0.1) is 6.20 Å². The fourth-order valence-corrected chi connectivity index (χ4v) is 0.819. The highest BCUT2D eigenvalue weighted by molar-refractivity contribution is 5.89. The van der Waals surface area contributed by atoms with E-state index in [4.69, 9.17) is 0 Å². The minimum atomic E-state index is -0.384. The number of rotatable bonds is 1. The number of anilines is 1.